The highest BCUT2D eigenvalue weighted by molar-refractivity contribution is 5.27. The molecule has 3 unspecified atom stereocenters. The van der Waals surface area contributed by atoms with Crippen molar-refractivity contribution in [3.8, 4) is 0 Å². The second-order valence-electron chi connectivity index (χ2n) is 2.88. The highest BCUT2D eigenvalue weighted by atomic mass is 15.5. The Morgan fingerprint density at radius 2 is 2.43 bits per heavy atom. The lowest BCUT2D eigenvalue weighted by molar-refractivity contribution is 0.450. The van der Waals surface area contributed by atoms with Crippen LogP contribution in [-0.2, 0) is 0 Å². The highest BCUT2D eigenvalue weighted by Gasteiger charge is 2.70. The molecular formula is C6H11N. The third kappa shape index (κ3) is 0.260. The van der Waals surface area contributed by atoms with E-state index in [-0.39, 0.29) is 0 Å². The number of fused-ring (bicyclic) bond motifs is 1. The lowest BCUT2D eigenvalue weighted by atomic mass is 10.0. The number of hydrogen-bond donors (Lipinski definition) is 0. The average Bonchev–Trinajstić information content (AvgIpc) is 2.46. The van der Waals surface area contributed by atoms with Gasteiger partial charge in [0.2, 0.25) is 0 Å². The number of nitrogens with zero attached hydrogens (tertiary/aromatic N) is 1. The van der Waals surface area contributed by atoms with Gasteiger partial charge in [0.25, 0.3) is 0 Å². The first-order chi connectivity index (χ1) is 3.29. The van der Waals surface area contributed by atoms with E-state index < -0.39 is 0 Å². The monoisotopic (exact) mass is 97.1 g/mol. The van der Waals surface area contributed by atoms with E-state index in [4.69, 9.17) is 0 Å². The van der Waals surface area contributed by atoms with Gasteiger partial charge in [-0.15, -0.1) is 0 Å². The maximum absolute atomic E-state index is 2.53. The summed E-state index contributed by atoms with van der Waals surface area (Å²) in [6, 6.07) is 1.01. The van der Waals surface area contributed by atoms with E-state index in [9.17, 15) is 0 Å². The van der Waals surface area contributed by atoms with Gasteiger partial charge in [-0.2, -0.15) is 0 Å². The van der Waals surface area contributed by atoms with Crippen LogP contribution < -0.4 is 0 Å². The van der Waals surface area contributed by atoms with Crippen LogP contribution in [0.1, 0.15) is 20.3 Å². The summed E-state index contributed by atoms with van der Waals surface area (Å²) in [7, 11) is 0. The zero-order valence-corrected chi connectivity index (χ0v) is 4.94. The van der Waals surface area contributed by atoms with Crippen LogP contribution in [0.4, 0.5) is 0 Å². The van der Waals surface area contributed by atoms with Gasteiger partial charge in [-0.05, 0) is 13.3 Å². The van der Waals surface area contributed by atoms with Crippen molar-refractivity contribution in [3.05, 3.63) is 0 Å². The zero-order valence-electron chi connectivity index (χ0n) is 4.94. The Hall–Kier alpha value is -0.0400. The molecule has 0 amide bonds. The quantitative estimate of drug-likeness (QED) is 0.438. The van der Waals surface area contributed by atoms with Gasteiger partial charge in [-0.3, -0.25) is 4.90 Å². The Bertz CT molecular complexity index is 101. The van der Waals surface area contributed by atoms with Crippen LogP contribution in [0.25, 0.3) is 0 Å². The third-order valence-electron chi connectivity index (χ3n) is 2.63. The molecule has 2 rings (SSSR count). The molecule has 0 bridgehead atoms. The summed E-state index contributed by atoms with van der Waals surface area (Å²) in [5, 5.41) is 0. The zero-order chi connectivity index (χ0) is 5.07. The molecule has 2 saturated heterocycles. The molecule has 2 heterocycles. The van der Waals surface area contributed by atoms with E-state index in [1.807, 2.05) is 0 Å². The first-order valence-electron chi connectivity index (χ1n) is 3.06. The van der Waals surface area contributed by atoms with Crippen molar-refractivity contribution < 1.29 is 0 Å². The standard InChI is InChI=1S/C6H11N/c1-3-6(2)5-4-7(5)6/h5H,3-4H2,1-2H3. The summed E-state index contributed by atoms with van der Waals surface area (Å²) in [5.74, 6) is 0. The Morgan fingerprint density at radius 3 is 2.43 bits per heavy atom. The van der Waals surface area contributed by atoms with Crippen LogP contribution in [0.2, 0.25) is 0 Å². The summed E-state index contributed by atoms with van der Waals surface area (Å²) in [6.45, 7) is 6.01. The summed E-state index contributed by atoms with van der Waals surface area (Å²) in [5.41, 5.74) is 0.681. The van der Waals surface area contributed by atoms with E-state index in [0.29, 0.717) is 5.54 Å². The van der Waals surface area contributed by atoms with Gasteiger partial charge < -0.3 is 0 Å². The van der Waals surface area contributed by atoms with Crippen molar-refractivity contribution in [1.29, 1.82) is 0 Å². The molecule has 3 atom stereocenters. The fourth-order valence-corrected chi connectivity index (χ4v) is 1.45. The van der Waals surface area contributed by atoms with Crippen LogP contribution in [0.3, 0.4) is 0 Å². The largest absolute Gasteiger partial charge is 0.289 e. The summed E-state index contributed by atoms with van der Waals surface area (Å²) < 4.78 is 0. The number of hydrogen-bond acceptors (Lipinski definition) is 1. The second kappa shape index (κ2) is 0.752. The minimum Gasteiger partial charge on any atom is -0.289 e. The van der Waals surface area contributed by atoms with Gasteiger partial charge in [0.05, 0.1) is 0 Å². The van der Waals surface area contributed by atoms with E-state index >= 15 is 0 Å². The van der Waals surface area contributed by atoms with Crippen LogP contribution >= 0.6 is 0 Å². The van der Waals surface area contributed by atoms with Crippen LogP contribution in [0.5, 0.6) is 0 Å². The van der Waals surface area contributed by atoms with Crippen molar-refractivity contribution in [2.45, 2.75) is 31.8 Å². The molecule has 0 aromatic carbocycles. The smallest absolute Gasteiger partial charge is 0.0411 e. The maximum Gasteiger partial charge on any atom is 0.0411 e. The van der Waals surface area contributed by atoms with E-state index in [0.717, 1.165) is 6.04 Å². The minimum absolute atomic E-state index is 0.681. The van der Waals surface area contributed by atoms with Crippen molar-refractivity contribution in [3.63, 3.8) is 0 Å². The molecular weight excluding hydrogens is 86.1 g/mol. The summed E-state index contributed by atoms with van der Waals surface area (Å²) >= 11 is 0. The highest BCUT2D eigenvalue weighted by Crippen LogP contribution is 2.55. The Labute approximate surface area is 44.3 Å². The number of rotatable bonds is 1. The van der Waals surface area contributed by atoms with Gasteiger partial charge in [0, 0.05) is 18.1 Å². The average molecular weight is 97.2 g/mol. The molecule has 1 heteroatoms. The van der Waals surface area contributed by atoms with E-state index in [2.05, 4.69) is 18.7 Å². The molecule has 0 N–H and O–H groups in total. The van der Waals surface area contributed by atoms with Crippen molar-refractivity contribution in [1.82, 2.24) is 4.90 Å². The van der Waals surface area contributed by atoms with Crippen LogP contribution in [0.15, 0.2) is 0 Å². The molecule has 2 fully saturated rings. The second-order valence-corrected chi connectivity index (χ2v) is 2.88. The van der Waals surface area contributed by atoms with Crippen molar-refractivity contribution in [2.75, 3.05) is 6.54 Å². The normalized spacial score (nSPS) is 64.3. The molecule has 2 aliphatic rings. The molecule has 0 aromatic rings. The van der Waals surface area contributed by atoms with Crippen LogP contribution in [0, 0.1) is 0 Å². The molecule has 2 aliphatic heterocycles. The molecule has 40 valence electrons. The molecule has 1 nitrogen and oxygen atoms in total. The van der Waals surface area contributed by atoms with Gasteiger partial charge in [0.15, 0.2) is 0 Å². The summed E-state index contributed by atoms with van der Waals surface area (Å²) in [6.07, 6.45) is 1.34. The fourth-order valence-electron chi connectivity index (χ4n) is 1.45. The van der Waals surface area contributed by atoms with Gasteiger partial charge in [0.1, 0.15) is 0 Å². The lowest BCUT2D eigenvalue weighted by Crippen LogP contribution is -2.19. The van der Waals surface area contributed by atoms with Crippen LogP contribution in [-0.4, -0.2) is 23.0 Å². The van der Waals surface area contributed by atoms with Gasteiger partial charge >= 0.3 is 0 Å². The Balaban J connectivity index is 2.06. The molecule has 0 aromatic heterocycles. The first kappa shape index (κ1) is 3.90. The lowest BCUT2D eigenvalue weighted by Gasteiger charge is -2.09. The van der Waals surface area contributed by atoms with Gasteiger partial charge in [-0.25, -0.2) is 0 Å². The maximum atomic E-state index is 2.53. The van der Waals surface area contributed by atoms with E-state index in [1.54, 1.807) is 0 Å². The van der Waals surface area contributed by atoms with Crippen molar-refractivity contribution >= 4 is 0 Å². The van der Waals surface area contributed by atoms with Gasteiger partial charge in [-0.1, -0.05) is 6.92 Å². The molecule has 0 radical (unpaired) electrons. The Morgan fingerprint density at radius 1 is 1.86 bits per heavy atom. The topological polar surface area (TPSA) is 3.01 Å². The third-order valence-corrected chi connectivity index (χ3v) is 2.63. The first-order valence-corrected chi connectivity index (χ1v) is 3.06. The van der Waals surface area contributed by atoms with Crippen molar-refractivity contribution in [2.24, 2.45) is 0 Å². The molecule has 0 aliphatic carbocycles. The van der Waals surface area contributed by atoms with E-state index in [1.165, 1.54) is 13.0 Å². The fraction of sp³-hybridized carbons (Fsp3) is 1.00. The molecule has 7 heavy (non-hydrogen) atoms. The SMILES string of the molecule is CCC1(C)C2CN21. The predicted octanol–water partition coefficient (Wildman–Crippen LogP) is 0.853. The summed E-state index contributed by atoms with van der Waals surface area (Å²) in [4.78, 5) is 2.53. The molecule has 0 spiro atoms. The molecule has 0 saturated carbocycles. The predicted molar refractivity (Wildman–Crippen MR) is 29.2 cm³/mol. The minimum atomic E-state index is 0.681. The Kier molecular flexibility index (Phi) is 0.419.